The van der Waals surface area contributed by atoms with Gasteiger partial charge in [-0.05, 0) is 37.6 Å². The fourth-order valence-electron chi connectivity index (χ4n) is 2.35. The van der Waals surface area contributed by atoms with Gasteiger partial charge in [0, 0.05) is 30.9 Å². The Kier molecular flexibility index (Phi) is 4.65. The molecule has 0 fully saturated rings. The molecule has 6 nitrogen and oxygen atoms in total. The first-order chi connectivity index (χ1) is 11.6. The van der Waals surface area contributed by atoms with Crippen LogP contribution < -0.4 is 5.32 Å². The number of hydrogen-bond donors (Lipinski definition) is 1. The zero-order chi connectivity index (χ0) is 16.9. The van der Waals surface area contributed by atoms with Gasteiger partial charge < -0.3 is 9.73 Å². The van der Waals surface area contributed by atoms with Crippen LogP contribution in [0.15, 0.2) is 47.1 Å². The predicted octanol–water partition coefficient (Wildman–Crippen LogP) is 3.32. The maximum atomic E-state index is 12.1. The Bertz CT molecular complexity index is 843. The third kappa shape index (κ3) is 3.84. The van der Waals surface area contributed by atoms with Crippen LogP contribution >= 0.6 is 0 Å². The molecule has 1 aromatic carbocycles. The van der Waals surface area contributed by atoms with Crippen LogP contribution in [-0.2, 0) is 11.2 Å². The summed E-state index contributed by atoms with van der Waals surface area (Å²) in [5, 5.41) is 10.9. The molecule has 0 aliphatic rings. The number of anilines is 1. The molecule has 0 saturated carbocycles. The molecule has 2 heterocycles. The number of aryl methyl sites for hydroxylation is 3. The minimum Gasteiger partial charge on any atom is -0.421 e. The van der Waals surface area contributed by atoms with E-state index in [2.05, 4.69) is 20.5 Å². The molecule has 0 atom stereocenters. The molecule has 3 aromatic rings. The van der Waals surface area contributed by atoms with Gasteiger partial charge in [0.05, 0.1) is 5.56 Å². The van der Waals surface area contributed by atoms with Gasteiger partial charge in [-0.1, -0.05) is 17.7 Å². The van der Waals surface area contributed by atoms with Crippen molar-refractivity contribution in [2.75, 3.05) is 5.32 Å². The van der Waals surface area contributed by atoms with Crippen molar-refractivity contribution in [1.29, 1.82) is 0 Å². The minimum atomic E-state index is -0.0805. The van der Waals surface area contributed by atoms with Crippen molar-refractivity contribution in [3.8, 4) is 11.5 Å². The quantitative estimate of drug-likeness (QED) is 0.779. The number of aromatic nitrogens is 3. The number of amides is 1. The van der Waals surface area contributed by atoms with Gasteiger partial charge in [-0.25, -0.2) is 0 Å². The normalized spacial score (nSPS) is 10.6. The van der Waals surface area contributed by atoms with Gasteiger partial charge in [0.15, 0.2) is 0 Å². The molecule has 6 heteroatoms. The molecule has 1 amide bonds. The molecule has 0 radical (unpaired) electrons. The number of carbonyl (C=O) groups is 1. The second-order valence-electron chi connectivity index (χ2n) is 5.61. The Morgan fingerprint density at radius 2 is 2.08 bits per heavy atom. The van der Waals surface area contributed by atoms with Crippen molar-refractivity contribution >= 4 is 11.6 Å². The van der Waals surface area contributed by atoms with E-state index >= 15 is 0 Å². The van der Waals surface area contributed by atoms with Crippen molar-refractivity contribution in [3.05, 3.63) is 59.7 Å². The fourth-order valence-corrected chi connectivity index (χ4v) is 2.35. The zero-order valence-corrected chi connectivity index (χ0v) is 13.6. The van der Waals surface area contributed by atoms with E-state index < -0.39 is 0 Å². The summed E-state index contributed by atoms with van der Waals surface area (Å²) in [6, 6.07) is 9.57. The van der Waals surface area contributed by atoms with Crippen molar-refractivity contribution in [1.82, 2.24) is 15.2 Å². The third-order valence-electron chi connectivity index (χ3n) is 3.60. The van der Waals surface area contributed by atoms with E-state index in [1.54, 1.807) is 18.5 Å². The lowest BCUT2D eigenvalue weighted by molar-refractivity contribution is -0.116. The standard InChI is InChI=1S/C18H18N4O2/c1-12-5-6-15(13(2)10-12)20-16(23)7-8-17-21-22-18(24-17)14-4-3-9-19-11-14/h3-6,9-11H,7-8H2,1-2H3,(H,20,23). The predicted molar refractivity (Wildman–Crippen MR) is 90.4 cm³/mol. The Labute approximate surface area is 140 Å². The number of nitrogens with one attached hydrogen (secondary N) is 1. The number of rotatable bonds is 5. The van der Waals surface area contributed by atoms with Crippen LogP contribution in [0.2, 0.25) is 0 Å². The summed E-state index contributed by atoms with van der Waals surface area (Å²) >= 11 is 0. The highest BCUT2D eigenvalue weighted by atomic mass is 16.4. The summed E-state index contributed by atoms with van der Waals surface area (Å²) in [7, 11) is 0. The largest absolute Gasteiger partial charge is 0.421 e. The summed E-state index contributed by atoms with van der Waals surface area (Å²) in [4.78, 5) is 16.1. The Morgan fingerprint density at radius 3 is 2.83 bits per heavy atom. The lowest BCUT2D eigenvalue weighted by atomic mass is 10.1. The summed E-state index contributed by atoms with van der Waals surface area (Å²) in [6.45, 7) is 3.99. The van der Waals surface area contributed by atoms with Crippen molar-refractivity contribution in [2.45, 2.75) is 26.7 Å². The molecule has 0 aliphatic heterocycles. The molecule has 0 saturated heterocycles. The highest BCUT2D eigenvalue weighted by Gasteiger charge is 2.11. The molecule has 0 aliphatic carbocycles. The first kappa shape index (κ1) is 15.9. The minimum absolute atomic E-state index is 0.0805. The molecule has 3 rings (SSSR count). The smallest absolute Gasteiger partial charge is 0.249 e. The molecule has 24 heavy (non-hydrogen) atoms. The summed E-state index contributed by atoms with van der Waals surface area (Å²) in [6.07, 6.45) is 4.01. The molecule has 0 spiro atoms. The number of carbonyl (C=O) groups excluding carboxylic acids is 1. The number of nitrogens with zero attached hydrogens (tertiary/aromatic N) is 3. The Morgan fingerprint density at radius 1 is 1.21 bits per heavy atom. The zero-order valence-electron chi connectivity index (χ0n) is 13.6. The molecule has 0 bridgehead atoms. The lowest BCUT2D eigenvalue weighted by Gasteiger charge is -2.08. The first-order valence-corrected chi connectivity index (χ1v) is 7.72. The van der Waals surface area contributed by atoms with Crippen LogP contribution in [0.25, 0.3) is 11.5 Å². The van der Waals surface area contributed by atoms with E-state index in [0.29, 0.717) is 18.2 Å². The van der Waals surface area contributed by atoms with E-state index in [-0.39, 0.29) is 12.3 Å². The fraction of sp³-hybridized carbons (Fsp3) is 0.222. The van der Waals surface area contributed by atoms with Crippen LogP contribution in [0.4, 0.5) is 5.69 Å². The van der Waals surface area contributed by atoms with Gasteiger partial charge in [0.2, 0.25) is 17.7 Å². The van der Waals surface area contributed by atoms with E-state index in [1.165, 1.54) is 5.56 Å². The maximum absolute atomic E-state index is 12.1. The van der Waals surface area contributed by atoms with Gasteiger partial charge in [-0.15, -0.1) is 10.2 Å². The highest BCUT2D eigenvalue weighted by Crippen LogP contribution is 2.18. The van der Waals surface area contributed by atoms with Gasteiger partial charge >= 0.3 is 0 Å². The van der Waals surface area contributed by atoms with Crippen LogP contribution in [0, 0.1) is 13.8 Å². The van der Waals surface area contributed by atoms with E-state index in [4.69, 9.17) is 4.42 Å². The number of hydrogen-bond acceptors (Lipinski definition) is 5. The molecule has 0 unspecified atom stereocenters. The van der Waals surface area contributed by atoms with Gasteiger partial charge in [0.1, 0.15) is 0 Å². The van der Waals surface area contributed by atoms with E-state index in [9.17, 15) is 4.79 Å². The number of pyridine rings is 1. The summed E-state index contributed by atoms with van der Waals surface area (Å²) in [5.74, 6) is 0.764. The Balaban J connectivity index is 1.58. The van der Waals surface area contributed by atoms with Crippen molar-refractivity contribution in [2.24, 2.45) is 0 Å². The van der Waals surface area contributed by atoms with Crippen molar-refractivity contribution < 1.29 is 9.21 Å². The number of benzene rings is 1. The highest BCUT2D eigenvalue weighted by molar-refractivity contribution is 5.91. The summed E-state index contributed by atoms with van der Waals surface area (Å²) in [5.41, 5.74) is 3.79. The third-order valence-corrected chi connectivity index (χ3v) is 3.60. The molecule has 2 aromatic heterocycles. The molecular weight excluding hydrogens is 304 g/mol. The second-order valence-corrected chi connectivity index (χ2v) is 5.61. The van der Waals surface area contributed by atoms with Crippen LogP contribution in [0.1, 0.15) is 23.4 Å². The van der Waals surface area contributed by atoms with Gasteiger partial charge in [-0.2, -0.15) is 0 Å². The van der Waals surface area contributed by atoms with Crippen molar-refractivity contribution in [3.63, 3.8) is 0 Å². The van der Waals surface area contributed by atoms with Crippen LogP contribution in [0.3, 0.4) is 0 Å². The topological polar surface area (TPSA) is 80.9 Å². The van der Waals surface area contributed by atoms with Gasteiger partial charge in [0.25, 0.3) is 0 Å². The molecule has 1 N–H and O–H groups in total. The average molecular weight is 322 g/mol. The second kappa shape index (κ2) is 7.04. The van der Waals surface area contributed by atoms with E-state index in [0.717, 1.165) is 16.8 Å². The average Bonchev–Trinajstić information content (AvgIpc) is 3.05. The maximum Gasteiger partial charge on any atom is 0.249 e. The van der Waals surface area contributed by atoms with E-state index in [1.807, 2.05) is 38.1 Å². The Hall–Kier alpha value is -3.02. The SMILES string of the molecule is Cc1ccc(NC(=O)CCc2nnc(-c3cccnc3)o2)c(C)c1. The van der Waals surface area contributed by atoms with Crippen LogP contribution in [-0.4, -0.2) is 21.1 Å². The van der Waals surface area contributed by atoms with Crippen LogP contribution in [0.5, 0.6) is 0 Å². The summed E-state index contributed by atoms with van der Waals surface area (Å²) < 4.78 is 5.57. The lowest BCUT2D eigenvalue weighted by Crippen LogP contribution is -2.13. The molecular formula is C18H18N4O2. The first-order valence-electron chi connectivity index (χ1n) is 7.72. The monoisotopic (exact) mass is 322 g/mol. The molecule has 122 valence electrons. The van der Waals surface area contributed by atoms with Gasteiger partial charge in [-0.3, -0.25) is 9.78 Å².